The van der Waals surface area contributed by atoms with E-state index in [1.807, 2.05) is 4.90 Å². The Morgan fingerprint density at radius 1 is 1.23 bits per heavy atom. The first-order chi connectivity index (χ1) is 10.6. The Hall–Kier alpha value is -2.15. The Morgan fingerprint density at radius 3 is 2.64 bits per heavy atom. The lowest BCUT2D eigenvalue weighted by atomic mass is 9.89. The van der Waals surface area contributed by atoms with Gasteiger partial charge in [0.15, 0.2) is 0 Å². The maximum atomic E-state index is 12.5. The number of hydrogen-bond donors (Lipinski definition) is 1. The van der Waals surface area contributed by atoms with E-state index in [4.69, 9.17) is 10.5 Å². The second-order valence-electron chi connectivity index (χ2n) is 5.83. The van der Waals surface area contributed by atoms with Crippen molar-refractivity contribution in [2.45, 2.75) is 18.4 Å². The third-order valence-electron chi connectivity index (χ3n) is 4.43. The second-order valence-corrected chi connectivity index (χ2v) is 5.83. The number of pyridine rings is 1. The fourth-order valence-corrected chi connectivity index (χ4v) is 3.13. The maximum absolute atomic E-state index is 12.5. The molecule has 0 saturated carbocycles. The highest BCUT2D eigenvalue weighted by Crippen LogP contribution is 2.30. The van der Waals surface area contributed by atoms with Crippen LogP contribution in [-0.4, -0.2) is 65.1 Å². The van der Waals surface area contributed by atoms with Gasteiger partial charge in [0.2, 0.25) is 0 Å². The van der Waals surface area contributed by atoms with E-state index in [-0.39, 0.29) is 11.5 Å². The highest BCUT2D eigenvalue weighted by Gasteiger charge is 2.41. The summed E-state index contributed by atoms with van der Waals surface area (Å²) in [5.41, 5.74) is 5.54. The smallest absolute Gasteiger partial charge is 0.314 e. The van der Waals surface area contributed by atoms with Crippen LogP contribution in [0.3, 0.4) is 0 Å². The number of rotatable bonds is 1. The quantitative estimate of drug-likeness (QED) is 0.816. The molecule has 3 amide bonds. The molecule has 1 aromatic heterocycles. The number of hydrogen-bond acceptors (Lipinski definition) is 4. The van der Waals surface area contributed by atoms with Crippen LogP contribution in [0.25, 0.3) is 0 Å². The van der Waals surface area contributed by atoms with E-state index in [0.29, 0.717) is 51.2 Å². The molecule has 0 atom stereocenters. The number of ether oxygens (including phenoxy) is 1. The van der Waals surface area contributed by atoms with Gasteiger partial charge in [-0.05, 0) is 25.0 Å². The number of amides is 3. The van der Waals surface area contributed by atoms with Crippen molar-refractivity contribution >= 4 is 11.9 Å². The SMILES string of the molecule is NC(=O)N1CCC2(CC1)CN(C(=O)c1cccnc1)CCO2. The standard InChI is InChI=1S/C15H20N4O3/c16-14(21)18-6-3-15(4-7-18)11-19(8-9-22-15)13(20)12-2-1-5-17-10-12/h1-2,5,10H,3-4,6-9,11H2,(H2,16,21). The molecule has 3 rings (SSSR count). The van der Waals surface area contributed by atoms with Crippen molar-refractivity contribution < 1.29 is 14.3 Å². The first-order valence-corrected chi connectivity index (χ1v) is 7.47. The van der Waals surface area contributed by atoms with Crippen LogP contribution in [0, 0.1) is 0 Å². The summed E-state index contributed by atoms with van der Waals surface area (Å²) in [5, 5.41) is 0. The number of piperidine rings is 1. The van der Waals surface area contributed by atoms with Crippen molar-refractivity contribution in [3.05, 3.63) is 30.1 Å². The summed E-state index contributed by atoms with van der Waals surface area (Å²) in [5.74, 6) is -0.0203. The van der Waals surface area contributed by atoms with Crippen molar-refractivity contribution in [3.8, 4) is 0 Å². The van der Waals surface area contributed by atoms with E-state index in [2.05, 4.69) is 4.98 Å². The van der Waals surface area contributed by atoms with Crippen molar-refractivity contribution in [1.29, 1.82) is 0 Å². The molecule has 2 N–H and O–H groups in total. The lowest BCUT2D eigenvalue weighted by Crippen LogP contribution is -2.59. The first kappa shape index (κ1) is 14.8. The number of likely N-dealkylation sites (tertiary alicyclic amines) is 1. The van der Waals surface area contributed by atoms with Crippen molar-refractivity contribution in [3.63, 3.8) is 0 Å². The van der Waals surface area contributed by atoms with E-state index in [1.165, 1.54) is 0 Å². The Kier molecular flexibility index (Phi) is 3.98. The zero-order chi connectivity index (χ0) is 15.6. The van der Waals surface area contributed by atoms with Crippen LogP contribution < -0.4 is 5.73 Å². The highest BCUT2D eigenvalue weighted by atomic mass is 16.5. The Balaban J connectivity index is 1.67. The predicted octanol–water partition coefficient (Wildman–Crippen LogP) is 0.467. The summed E-state index contributed by atoms with van der Waals surface area (Å²) < 4.78 is 5.96. The second kappa shape index (κ2) is 5.92. The zero-order valence-electron chi connectivity index (χ0n) is 12.4. The van der Waals surface area contributed by atoms with Crippen LogP contribution in [0.15, 0.2) is 24.5 Å². The molecule has 0 aliphatic carbocycles. The largest absolute Gasteiger partial charge is 0.371 e. The molecule has 3 heterocycles. The van der Waals surface area contributed by atoms with Crippen molar-refractivity contribution in [1.82, 2.24) is 14.8 Å². The predicted molar refractivity (Wildman–Crippen MR) is 79.2 cm³/mol. The van der Waals surface area contributed by atoms with Gasteiger partial charge >= 0.3 is 6.03 Å². The van der Waals surface area contributed by atoms with E-state index < -0.39 is 6.03 Å². The van der Waals surface area contributed by atoms with Gasteiger partial charge in [0, 0.05) is 32.0 Å². The summed E-state index contributed by atoms with van der Waals surface area (Å²) in [7, 11) is 0. The number of primary amides is 1. The summed E-state index contributed by atoms with van der Waals surface area (Å²) in [6, 6.07) is 3.14. The fourth-order valence-electron chi connectivity index (χ4n) is 3.13. The first-order valence-electron chi connectivity index (χ1n) is 7.47. The van der Waals surface area contributed by atoms with Gasteiger partial charge in [0.1, 0.15) is 0 Å². The molecule has 0 aromatic carbocycles. The number of nitrogens with zero attached hydrogens (tertiary/aromatic N) is 3. The molecule has 2 saturated heterocycles. The van der Waals surface area contributed by atoms with Crippen LogP contribution in [0.5, 0.6) is 0 Å². The fraction of sp³-hybridized carbons (Fsp3) is 0.533. The number of urea groups is 1. The number of carbonyl (C=O) groups is 2. The number of aromatic nitrogens is 1. The van der Waals surface area contributed by atoms with Crippen LogP contribution in [-0.2, 0) is 4.74 Å². The molecule has 1 spiro atoms. The maximum Gasteiger partial charge on any atom is 0.314 e. The van der Waals surface area contributed by atoms with Crippen LogP contribution in [0.2, 0.25) is 0 Å². The van der Waals surface area contributed by atoms with Crippen molar-refractivity contribution in [2.75, 3.05) is 32.8 Å². The van der Waals surface area contributed by atoms with Gasteiger partial charge in [0.25, 0.3) is 5.91 Å². The zero-order valence-corrected chi connectivity index (χ0v) is 12.4. The number of carbonyl (C=O) groups excluding carboxylic acids is 2. The molecule has 2 aliphatic rings. The van der Waals surface area contributed by atoms with Crippen molar-refractivity contribution in [2.24, 2.45) is 5.73 Å². The lowest BCUT2D eigenvalue weighted by Gasteiger charge is -2.47. The average Bonchev–Trinajstić information content (AvgIpc) is 2.55. The Morgan fingerprint density at radius 2 is 2.00 bits per heavy atom. The summed E-state index contributed by atoms with van der Waals surface area (Å²) >= 11 is 0. The van der Waals surface area contributed by atoms with Crippen LogP contribution in [0.1, 0.15) is 23.2 Å². The van der Waals surface area contributed by atoms with E-state index in [1.54, 1.807) is 29.4 Å². The summed E-state index contributed by atoms with van der Waals surface area (Å²) in [6.07, 6.45) is 4.64. The van der Waals surface area contributed by atoms with E-state index in [0.717, 1.165) is 0 Å². The molecule has 0 radical (unpaired) electrons. The molecular formula is C15H20N4O3. The Labute approximate surface area is 129 Å². The molecule has 7 heteroatoms. The molecule has 0 unspecified atom stereocenters. The molecule has 2 aliphatic heterocycles. The monoisotopic (exact) mass is 304 g/mol. The van der Waals surface area contributed by atoms with Crippen LogP contribution in [0.4, 0.5) is 4.79 Å². The normalized spacial score (nSPS) is 20.9. The van der Waals surface area contributed by atoms with Gasteiger partial charge in [-0.1, -0.05) is 0 Å². The van der Waals surface area contributed by atoms with Gasteiger partial charge in [0.05, 0.1) is 24.3 Å². The average molecular weight is 304 g/mol. The van der Waals surface area contributed by atoms with Crippen LogP contribution >= 0.6 is 0 Å². The summed E-state index contributed by atoms with van der Waals surface area (Å²) in [4.78, 5) is 31.2. The minimum atomic E-state index is -0.394. The third kappa shape index (κ3) is 2.89. The lowest BCUT2D eigenvalue weighted by molar-refractivity contribution is -0.123. The highest BCUT2D eigenvalue weighted by molar-refractivity contribution is 5.94. The van der Waals surface area contributed by atoms with Gasteiger partial charge < -0.3 is 20.3 Å². The minimum Gasteiger partial charge on any atom is -0.371 e. The number of nitrogens with two attached hydrogens (primary N) is 1. The molecule has 2 fully saturated rings. The Bertz CT molecular complexity index is 555. The summed E-state index contributed by atoms with van der Waals surface area (Å²) in [6.45, 7) is 2.79. The van der Waals surface area contributed by atoms with Gasteiger partial charge in [-0.3, -0.25) is 9.78 Å². The third-order valence-corrected chi connectivity index (χ3v) is 4.43. The van der Waals surface area contributed by atoms with Gasteiger partial charge in [-0.15, -0.1) is 0 Å². The number of morpholine rings is 1. The molecule has 0 bridgehead atoms. The van der Waals surface area contributed by atoms with Gasteiger partial charge in [-0.2, -0.15) is 0 Å². The molecule has 118 valence electrons. The minimum absolute atomic E-state index is 0.0203. The van der Waals surface area contributed by atoms with E-state index >= 15 is 0 Å². The topological polar surface area (TPSA) is 88.8 Å². The van der Waals surface area contributed by atoms with E-state index in [9.17, 15) is 9.59 Å². The van der Waals surface area contributed by atoms with Gasteiger partial charge in [-0.25, -0.2) is 4.79 Å². The molecular weight excluding hydrogens is 284 g/mol. The molecule has 7 nitrogen and oxygen atoms in total. The molecule has 22 heavy (non-hydrogen) atoms. The molecule has 1 aromatic rings.